The van der Waals surface area contributed by atoms with Gasteiger partial charge in [0, 0.05) is 9.86 Å². The molecule has 2 aromatic carbocycles. The van der Waals surface area contributed by atoms with E-state index < -0.39 is 0 Å². The van der Waals surface area contributed by atoms with E-state index >= 15 is 0 Å². The van der Waals surface area contributed by atoms with Crippen LogP contribution in [0.3, 0.4) is 0 Å². The quantitative estimate of drug-likeness (QED) is 0.693. The second-order valence-electron chi connectivity index (χ2n) is 4.16. The second kappa shape index (κ2) is 5.33. The molecule has 2 nitrogen and oxygen atoms in total. The van der Waals surface area contributed by atoms with Crippen molar-refractivity contribution in [2.24, 2.45) is 0 Å². The van der Waals surface area contributed by atoms with E-state index in [9.17, 15) is 0 Å². The molecule has 0 saturated heterocycles. The van der Waals surface area contributed by atoms with Gasteiger partial charge >= 0.3 is 0 Å². The number of nitrogens with zero attached hydrogens (tertiary/aromatic N) is 2. The van der Waals surface area contributed by atoms with Crippen LogP contribution in [-0.2, 0) is 0 Å². The average molecular weight is 311 g/mol. The van der Waals surface area contributed by atoms with Gasteiger partial charge in [-0.05, 0) is 29.8 Å². The zero-order valence-electron chi connectivity index (χ0n) is 10.1. The molecule has 0 amide bonds. The Kier molecular flexibility index (Phi) is 3.38. The van der Waals surface area contributed by atoms with Crippen molar-refractivity contribution >= 4 is 39.0 Å². The highest BCUT2D eigenvalue weighted by Crippen LogP contribution is 2.17. The highest BCUT2D eigenvalue weighted by atomic mass is 79.9. The summed E-state index contributed by atoms with van der Waals surface area (Å²) in [4.78, 5) is 8.59. The molecule has 3 aromatic rings. The van der Waals surface area contributed by atoms with Crippen molar-refractivity contribution < 1.29 is 0 Å². The molecule has 0 aliphatic heterocycles. The molecule has 3 heteroatoms. The van der Waals surface area contributed by atoms with Crippen LogP contribution in [-0.4, -0.2) is 9.97 Å². The Balaban J connectivity index is 1.99. The van der Waals surface area contributed by atoms with Crippen LogP contribution in [0.4, 0.5) is 0 Å². The fraction of sp³-hybridized carbons (Fsp3) is 0. The van der Waals surface area contributed by atoms with Crippen LogP contribution in [0.2, 0.25) is 0 Å². The zero-order valence-corrected chi connectivity index (χ0v) is 11.7. The molecule has 0 spiro atoms. The third-order valence-electron chi connectivity index (χ3n) is 2.88. The van der Waals surface area contributed by atoms with Crippen molar-refractivity contribution in [2.45, 2.75) is 0 Å². The molecule has 0 radical (unpaired) electrons. The Labute approximate surface area is 120 Å². The Morgan fingerprint density at radius 2 is 1.63 bits per heavy atom. The number of hydrogen-bond donors (Lipinski definition) is 0. The maximum Gasteiger partial charge on any atom is 0.116 e. The molecule has 3 rings (SSSR count). The van der Waals surface area contributed by atoms with Gasteiger partial charge in [0.15, 0.2) is 0 Å². The highest BCUT2D eigenvalue weighted by Gasteiger charge is 1.98. The van der Waals surface area contributed by atoms with Gasteiger partial charge in [0.2, 0.25) is 0 Å². The minimum atomic E-state index is 0.938. The Morgan fingerprint density at radius 3 is 2.47 bits per heavy atom. The van der Waals surface area contributed by atoms with E-state index in [1.54, 1.807) is 6.33 Å². The maximum atomic E-state index is 4.33. The molecule has 1 heterocycles. The van der Waals surface area contributed by atoms with Gasteiger partial charge in [0.25, 0.3) is 0 Å². The van der Waals surface area contributed by atoms with Gasteiger partial charge in [-0.1, -0.05) is 52.3 Å². The molecule has 0 aliphatic rings. The fourth-order valence-electron chi connectivity index (χ4n) is 1.91. The first-order valence-electron chi connectivity index (χ1n) is 5.96. The summed E-state index contributed by atoms with van der Waals surface area (Å²) in [6.45, 7) is 0. The Hall–Kier alpha value is -2.00. The summed E-state index contributed by atoms with van der Waals surface area (Å²) in [7, 11) is 0. The first-order chi connectivity index (χ1) is 9.33. The van der Waals surface area contributed by atoms with Crippen molar-refractivity contribution in [2.75, 3.05) is 0 Å². The summed E-state index contributed by atoms with van der Waals surface area (Å²) in [6.07, 6.45) is 5.68. The number of fused-ring (bicyclic) bond motifs is 1. The lowest BCUT2D eigenvalue weighted by atomic mass is 10.1. The molecular weight excluding hydrogens is 300 g/mol. The van der Waals surface area contributed by atoms with Gasteiger partial charge in [-0.15, -0.1) is 0 Å². The molecule has 0 atom stereocenters. The number of para-hydroxylation sites is 1. The number of benzene rings is 2. The van der Waals surface area contributed by atoms with Crippen molar-refractivity contribution in [1.29, 1.82) is 0 Å². The smallest absolute Gasteiger partial charge is 0.116 e. The van der Waals surface area contributed by atoms with Gasteiger partial charge in [0.1, 0.15) is 6.33 Å². The molecule has 0 N–H and O–H groups in total. The molecule has 0 bridgehead atoms. The van der Waals surface area contributed by atoms with Gasteiger partial charge in [-0.2, -0.15) is 0 Å². The predicted molar refractivity (Wildman–Crippen MR) is 82.6 cm³/mol. The van der Waals surface area contributed by atoms with E-state index in [0.717, 1.165) is 26.6 Å². The molecule has 0 unspecified atom stereocenters. The number of rotatable bonds is 2. The van der Waals surface area contributed by atoms with E-state index in [0.29, 0.717) is 0 Å². The first-order valence-corrected chi connectivity index (χ1v) is 6.75. The SMILES string of the molecule is Brc1ccc(/C=C/c2ncnc3ccccc23)cc1. The van der Waals surface area contributed by atoms with Crippen LogP contribution in [0.5, 0.6) is 0 Å². The van der Waals surface area contributed by atoms with Crippen molar-refractivity contribution in [3.8, 4) is 0 Å². The first kappa shape index (κ1) is 12.1. The lowest BCUT2D eigenvalue weighted by Crippen LogP contribution is -1.86. The second-order valence-corrected chi connectivity index (χ2v) is 5.08. The monoisotopic (exact) mass is 310 g/mol. The Morgan fingerprint density at radius 1 is 0.842 bits per heavy atom. The summed E-state index contributed by atoms with van der Waals surface area (Å²) < 4.78 is 1.08. The van der Waals surface area contributed by atoms with Gasteiger partial charge < -0.3 is 0 Å². The fourth-order valence-corrected chi connectivity index (χ4v) is 2.17. The van der Waals surface area contributed by atoms with Crippen LogP contribution in [0.15, 0.2) is 59.3 Å². The normalized spacial score (nSPS) is 11.2. The van der Waals surface area contributed by atoms with Crippen LogP contribution in [0, 0.1) is 0 Å². The van der Waals surface area contributed by atoms with Crippen LogP contribution in [0.25, 0.3) is 23.1 Å². The minimum Gasteiger partial charge on any atom is -0.236 e. The molecule has 0 aliphatic carbocycles. The largest absolute Gasteiger partial charge is 0.236 e. The summed E-state index contributed by atoms with van der Waals surface area (Å²) in [5.74, 6) is 0. The predicted octanol–water partition coefficient (Wildman–Crippen LogP) is 4.56. The van der Waals surface area contributed by atoms with Crippen molar-refractivity contribution in [3.63, 3.8) is 0 Å². The Bertz CT molecular complexity index is 728. The standard InChI is InChI=1S/C16H11BrN2/c17-13-8-5-12(6-9-13)7-10-16-14-3-1-2-4-15(14)18-11-19-16/h1-11H/b10-7+. The van der Waals surface area contributed by atoms with Gasteiger partial charge in [0.05, 0.1) is 11.2 Å². The summed E-state index contributed by atoms with van der Waals surface area (Å²) >= 11 is 3.43. The summed E-state index contributed by atoms with van der Waals surface area (Å²) in [6, 6.07) is 16.2. The van der Waals surface area contributed by atoms with E-state index in [1.807, 2.05) is 42.5 Å². The molecule has 1 aromatic heterocycles. The molecule has 92 valence electrons. The van der Waals surface area contributed by atoms with E-state index in [1.165, 1.54) is 0 Å². The van der Waals surface area contributed by atoms with Crippen LogP contribution >= 0.6 is 15.9 Å². The van der Waals surface area contributed by atoms with Crippen LogP contribution in [0.1, 0.15) is 11.3 Å². The maximum absolute atomic E-state index is 4.33. The van der Waals surface area contributed by atoms with Gasteiger partial charge in [-0.25, -0.2) is 9.97 Å². The highest BCUT2D eigenvalue weighted by molar-refractivity contribution is 9.10. The lowest BCUT2D eigenvalue weighted by Gasteiger charge is -2.00. The average Bonchev–Trinajstić information content (AvgIpc) is 2.47. The molecule has 0 fully saturated rings. The van der Waals surface area contributed by atoms with E-state index in [-0.39, 0.29) is 0 Å². The van der Waals surface area contributed by atoms with Crippen molar-refractivity contribution in [3.05, 3.63) is 70.6 Å². The molecular formula is C16H11BrN2. The van der Waals surface area contributed by atoms with E-state index in [4.69, 9.17) is 0 Å². The third-order valence-corrected chi connectivity index (χ3v) is 3.41. The van der Waals surface area contributed by atoms with Crippen molar-refractivity contribution in [1.82, 2.24) is 9.97 Å². The number of halogens is 1. The number of hydrogen-bond acceptors (Lipinski definition) is 2. The summed E-state index contributed by atoms with van der Waals surface area (Å²) in [5.41, 5.74) is 3.05. The zero-order chi connectivity index (χ0) is 13.1. The summed E-state index contributed by atoms with van der Waals surface area (Å²) in [5, 5.41) is 1.07. The molecule has 0 saturated carbocycles. The number of aromatic nitrogens is 2. The van der Waals surface area contributed by atoms with Gasteiger partial charge in [-0.3, -0.25) is 0 Å². The van der Waals surface area contributed by atoms with Crippen LogP contribution < -0.4 is 0 Å². The topological polar surface area (TPSA) is 25.8 Å². The minimum absolute atomic E-state index is 0.938. The molecule has 19 heavy (non-hydrogen) atoms. The third kappa shape index (κ3) is 2.71. The van der Waals surface area contributed by atoms with E-state index in [2.05, 4.69) is 44.1 Å². The lowest BCUT2D eigenvalue weighted by molar-refractivity contribution is 1.21.